The fourth-order valence-corrected chi connectivity index (χ4v) is 3.97. The zero-order valence-corrected chi connectivity index (χ0v) is 18.5. The van der Waals surface area contributed by atoms with Crippen LogP contribution in [0.4, 0.5) is 0 Å². The maximum Gasteiger partial charge on any atom is 0.332 e. The molecule has 1 aliphatic heterocycles. The van der Waals surface area contributed by atoms with Crippen molar-refractivity contribution in [3.63, 3.8) is 0 Å². The lowest BCUT2D eigenvalue weighted by molar-refractivity contribution is 0.0383. The summed E-state index contributed by atoms with van der Waals surface area (Å²) in [6, 6.07) is 1.21. The Morgan fingerprint density at radius 2 is 1.68 bits per heavy atom. The molecule has 0 unspecified atom stereocenters. The van der Waals surface area contributed by atoms with Crippen LogP contribution in [0.15, 0.2) is 20.4 Å². The Kier molecular flexibility index (Phi) is 7.45. The third-order valence-corrected chi connectivity index (χ3v) is 5.53. The molecule has 0 aromatic carbocycles. The Bertz CT molecular complexity index is 1120. The van der Waals surface area contributed by atoms with Crippen molar-refractivity contribution in [2.24, 2.45) is 7.05 Å². The van der Waals surface area contributed by atoms with Gasteiger partial charge in [-0.05, 0) is 12.8 Å². The van der Waals surface area contributed by atoms with E-state index in [1.54, 1.807) is 0 Å². The molecule has 3 rings (SSSR count). The molecule has 170 valence electrons. The molecule has 0 saturated carbocycles. The first-order valence-electron chi connectivity index (χ1n) is 10.9. The van der Waals surface area contributed by atoms with Crippen molar-refractivity contribution in [3.05, 3.63) is 42.8 Å². The van der Waals surface area contributed by atoms with E-state index in [0.717, 1.165) is 17.7 Å². The standard InChI is InChI=1S/C21H31N5O5/c1-4-7-25-16(27)14-15(18(28)22-6-9-24-10-12-31-13-11-24)17-19(25)23(3)21(30)26(8-5-2)20(17)29/h14H,4-13H2,1-3H3,(H,22,28). The lowest BCUT2D eigenvalue weighted by Gasteiger charge is -2.26. The van der Waals surface area contributed by atoms with E-state index in [1.807, 2.05) is 13.8 Å². The number of pyridine rings is 1. The van der Waals surface area contributed by atoms with Crippen LogP contribution in [0.25, 0.3) is 11.0 Å². The van der Waals surface area contributed by atoms with Crippen molar-refractivity contribution in [1.29, 1.82) is 0 Å². The molecule has 1 saturated heterocycles. The quantitative estimate of drug-likeness (QED) is 0.615. The predicted octanol–water partition coefficient (Wildman–Crippen LogP) is -0.256. The van der Waals surface area contributed by atoms with Crippen molar-refractivity contribution in [1.82, 2.24) is 23.9 Å². The van der Waals surface area contributed by atoms with Crippen LogP contribution in [0.3, 0.4) is 0 Å². The number of hydrogen-bond donors (Lipinski definition) is 1. The molecule has 0 atom stereocenters. The summed E-state index contributed by atoms with van der Waals surface area (Å²) in [4.78, 5) is 54.0. The Labute approximate surface area is 180 Å². The largest absolute Gasteiger partial charge is 0.379 e. The van der Waals surface area contributed by atoms with Crippen LogP contribution in [0.5, 0.6) is 0 Å². The lowest BCUT2D eigenvalue weighted by atomic mass is 10.1. The number of ether oxygens (including phenoxy) is 1. The van der Waals surface area contributed by atoms with Gasteiger partial charge in [0.2, 0.25) is 0 Å². The van der Waals surface area contributed by atoms with Gasteiger partial charge in [-0.15, -0.1) is 0 Å². The number of amides is 1. The van der Waals surface area contributed by atoms with Crippen molar-refractivity contribution >= 4 is 16.9 Å². The summed E-state index contributed by atoms with van der Waals surface area (Å²) >= 11 is 0. The first-order chi connectivity index (χ1) is 14.9. The highest BCUT2D eigenvalue weighted by Gasteiger charge is 2.22. The van der Waals surface area contributed by atoms with Gasteiger partial charge >= 0.3 is 5.69 Å². The van der Waals surface area contributed by atoms with Crippen LogP contribution in [0.1, 0.15) is 37.0 Å². The highest BCUT2D eigenvalue weighted by Crippen LogP contribution is 2.12. The molecule has 10 heteroatoms. The zero-order valence-electron chi connectivity index (χ0n) is 18.5. The lowest BCUT2D eigenvalue weighted by Crippen LogP contribution is -2.43. The van der Waals surface area contributed by atoms with E-state index in [1.165, 1.54) is 22.2 Å². The van der Waals surface area contributed by atoms with Gasteiger partial charge < -0.3 is 10.1 Å². The SMILES string of the molecule is CCCn1c(=O)c2c(C(=O)NCCN3CCOCC3)cc(=O)n(CCC)c2n(C)c1=O. The fourth-order valence-electron chi connectivity index (χ4n) is 3.97. The van der Waals surface area contributed by atoms with Gasteiger partial charge in [-0.3, -0.25) is 33.0 Å². The van der Waals surface area contributed by atoms with Gasteiger partial charge in [0.15, 0.2) is 0 Å². The Hall–Kier alpha value is -2.72. The van der Waals surface area contributed by atoms with Crippen LogP contribution >= 0.6 is 0 Å². The molecule has 0 radical (unpaired) electrons. The maximum absolute atomic E-state index is 13.2. The minimum atomic E-state index is -0.539. The molecule has 2 aromatic heterocycles. The summed E-state index contributed by atoms with van der Waals surface area (Å²) < 4.78 is 9.16. The summed E-state index contributed by atoms with van der Waals surface area (Å²) in [6.45, 7) is 8.33. The van der Waals surface area contributed by atoms with Crippen molar-refractivity contribution < 1.29 is 9.53 Å². The van der Waals surface area contributed by atoms with Gasteiger partial charge in [0.25, 0.3) is 17.0 Å². The molecule has 31 heavy (non-hydrogen) atoms. The molecular weight excluding hydrogens is 402 g/mol. The van der Waals surface area contributed by atoms with Crippen LogP contribution < -0.4 is 22.1 Å². The molecule has 3 heterocycles. The van der Waals surface area contributed by atoms with E-state index in [0.29, 0.717) is 45.7 Å². The van der Waals surface area contributed by atoms with E-state index < -0.39 is 22.7 Å². The average molecular weight is 434 g/mol. The van der Waals surface area contributed by atoms with Gasteiger partial charge in [0.1, 0.15) is 5.65 Å². The Morgan fingerprint density at radius 3 is 2.32 bits per heavy atom. The van der Waals surface area contributed by atoms with Crippen molar-refractivity contribution in [2.75, 3.05) is 39.4 Å². The number of carbonyl (C=O) groups excluding carboxylic acids is 1. The number of carbonyl (C=O) groups is 1. The van der Waals surface area contributed by atoms with Crippen LogP contribution in [-0.4, -0.2) is 63.9 Å². The van der Waals surface area contributed by atoms with Gasteiger partial charge in [-0.1, -0.05) is 13.8 Å². The van der Waals surface area contributed by atoms with Gasteiger partial charge in [-0.25, -0.2) is 4.79 Å². The summed E-state index contributed by atoms with van der Waals surface area (Å²) in [6.07, 6.45) is 1.24. The molecule has 0 spiro atoms. The number of aromatic nitrogens is 3. The second-order valence-electron chi connectivity index (χ2n) is 7.75. The minimum absolute atomic E-state index is 0.0137. The summed E-state index contributed by atoms with van der Waals surface area (Å²) in [5.41, 5.74) is -1.23. The summed E-state index contributed by atoms with van der Waals surface area (Å²) in [5.74, 6) is -0.488. The van der Waals surface area contributed by atoms with Gasteiger partial charge in [0.05, 0.1) is 24.2 Å². The third kappa shape index (κ3) is 4.64. The number of nitrogens with one attached hydrogen (secondary N) is 1. The molecule has 2 aromatic rings. The highest BCUT2D eigenvalue weighted by atomic mass is 16.5. The monoisotopic (exact) mass is 433 g/mol. The molecule has 0 aliphatic carbocycles. The molecule has 1 aliphatic rings. The smallest absolute Gasteiger partial charge is 0.332 e. The highest BCUT2D eigenvalue weighted by molar-refractivity contribution is 6.05. The number of fused-ring (bicyclic) bond motifs is 1. The zero-order chi connectivity index (χ0) is 22.5. The van der Waals surface area contributed by atoms with E-state index in [-0.39, 0.29) is 23.1 Å². The normalized spacial score (nSPS) is 14.8. The molecular formula is C21H31N5O5. The topological polar surface area (TPSA) is 108 Å². The Balaban J connectivity index is 2.06. The second-order valence-corrected chi connectivity index (χ2v) is 7.75. The maximum atomic E-state index is 13.2. The van der Waals surface area contributed by atoms with Gasteiger partial charge in [-0.2, -0.15) is 0 Å². The number of nitrogens with zero attached hydrogens (tertiary/aromatic N) is 4. The number of rotatable bonds is 8. The molecule has 1 fully saturated rings. The first-order valence-corrected chi connectivity index (χ1v) is 10.9. The molecule has 0 bridgehead atoms. The average Bonchev–Trinajstić information content (AvgIpc) is 2.77. The van der Waals surface area contributed by atoms with Crippen LogP contribution in [0, 0.1) is 0 Å². The van der Waals surface area contributed by atoms with Crippen molar-refractivity contribution in [3.8, 4) is 0 Å². The summed E-state index contributed by atoms with van der Waals surface area (Å²) in [5, 5.41) is 2.93. The number of aryl methyl sites for hydroxylation is 2. The van der Waals surface area contributed by atoms with Crippen LogP contribution in [-0.2, 0) is 24.9 Å². The molecule has 10 nitrogen and oxygen atoms in total. The minimum Gasteiger partial charge on any atom is -0.379 e. The van der Waals surface area contributed by atoms with E-state index in [2.05, 4.69) is 10.2 Å². The first kappa shape index (κ1) is 23.0. The molecule has 1 N–H and O–H groups in total. The van der Waals surface area contributed by atoms with E-state index in [4.69, 9.17) is 4.74 Å². The second kappa shape index (κ2) is 10.1. The fraction of sp³-hybridized carbons (Fsp3) is 0.619. The Morgan fingerprint density at radius 1 is 1.03 bits per heavy atom. The van der Waals surface area contributed by atoms with E-state index >= 15 is 0 Å². The van der Waals surface area contributed by atoms with E-state index in [9.17, 15) is 19.2 Å². The molecule has 1 amide bonds. The summed E-state index contributed by atoms with van der Waals surface area (Å²) in [7, 11) is 1.53. The predicted molar refractivity (Wildman–Crippen MR) is 118 cm³/mol. The van der Waals surface area contributed by atoms with Gasteiger partial charge in [0, 0.05) is 52.4 Å². The van der Waals surface area contributed by atoms with Crippen molar-refractivity contribution in [2.45, 2.75) is 39.8 Å². The van der Waals surface area contributed by atoms with Crippen LogP contribution in [0.2, 0.25) is 0 Å². The number of morpholine rings is 1. The third-order valence-electron chi connectivity index (χ3n) is 5.53. The number of hydrogen-bond acceptors (Lipinski definition) is 6.